The van der Waals surface area contributed by atoms with E-state index in [1.165, 1.54) is 5.56 Å². The SMILES string of the molecule is Cc1csc2c(N3CCCN(CC(=O)O)CC3)ncnc12. The first kappa shape index (κ1) is 14.2. The van der Waals surface area contributed by atoms with Gasteiger partial charge in [0.1, 0.15) is 12.1 Å². The van der Waals surface area contributed by atoms with E-state index >= 15 is 0 Å². The highest BCUT2D eigenvalue weighted by atomic mass is 32.1. The topological polar surface area (TPSA) is 69.6 Å². The largest absolute Gasteiger partial charge is 0.480 e. The van der Waals surface area contributed by atoms with Crippen LogP contribution in [-0.4, -0.2) is 58.7 Å². The normalized spacial score (nSPS) is 17.1. The molecular formula is C14H18N4O2S. The fraction of sp³-hybridized carbons (Fsp3) is 0.500. The molecule has 0 spiro atoms. The van der Waals surface area contributed by atoms with Gasteiger partial charge in [-0.05, 0) is 24.3 Å². The van der Waals surface area contributed by atoms with Gasteiger partial charge in [0.15, 0.2) is 0 Å². The highest BCUT2D eigenvalue weighted by Gasteiger charge is 2.20. The molecule has 1 N–H and O–H groups in total. The van der Waals surface area contributed by atoms with Gasteiger partial charge in [-0.2, -0.15) is 0 Å². The fourth-order valence-electron chi connectivity index (χ4n) is 2.71. The Hall–Kier alpha value is -1.73. The highest BCUT2D eigenvalue weighted by Crippen LogP contribution is 2.31. The Morgan fingerprint density at radius 3 is 3.00 bits per heavy atom. The van der Waals surface area contributed by atoms with Crippen LogP contribution in [-0.2, 0) is 4.79 Å². The van der Waals surface area contributed by atoms with Crippen LogP contribution in [0.2, 0.25) is 0 Å². The summed E-state index contributed by atoms with van der Waals surface area (Å²) < 4.78 is 1.13. The maximum atomic E-state index is 10.8. The number of aliphatic carboxylic acids is 1. The average Bonchev–Trinajstić information content (AvgIpc) is 2.69. The number of nitrogens with zero attached hydrogens (tertiary/aromatic N) is 4. The van der Waals surface area contributed by atoms with Gasteiger partial charge in [-0.1, -0.05) is 0 Å². The molecule has 21 heavy (non-hydrogen) atoms. The zero-order chi connectivity index (χ0) is 14.8. The minimum Gasteiger partial charge on any atom is -0.480 e. The van der Waals surface area contributed by atoms with Gasteiger partial charge in [-0.25, -0.2) is 9.97 Å². The van der Waals surface area contributed by atoms with Crippen molar-refractivity contribution < 1.29 is 9.90 Å². The molecule has 0 aliphatic carbocycles. The van der Waals surface area contributed by atoms with Crippen molar-refractivity contribution in [2.24, 2.45) is 0 Å². The minimum atomic E-state index is -0.762. The summed E-state index contributed by atoms with van der Waals surface area (Å²) in [5.74, 6) is 0.219. The first-order valence-corrected chi connectivity index (χ1v) is 7.91. The third-order valence-electron chi connectivity index (χ3n) is 3.76. The van der Waals surface area contributed by atoms with Gasteiger partial charge in [-0.3, -0.25) is 9.69 Å². The molecule has 0 unspecified atom stereocenters. The van der Waals surface area contributed by atoms with E-state index in [1.807, 2.05) is 4.90 Å². The molecule has 1 aliphatic heterocycles. The van der Waals surface area contributed by atoms with E-state index in [0.717, 1.165) is 48.6 Å². The Morgan fingerprint density at radius 1 is 1.33 bits per heavy atom. The summed E-state index contributed by atoms with van der Waals surface area (Å²) >= 11 is 1.68. The Morgan fingerprint density at radius 2 is 2.19 bits per heavy atom. The van der Waals surface area contributed by atoms with E-state index in [-0.39, 0.29) is 6.54 Å². The lowest BCUT2D eigenvalue weighted by Gasteiger charge is -2.22. The quantitative estimate of drug-likeness (QED) is 0.929. The van der Waals surface area contributed by atoms with Crippen molar-refractivity contribution in [3.63, 3.8) is 0 Å². The lowest BCUT2D eigenvalue weighted by atomic mass is 10.3. The Kier molecular flexibility index (Phi) is 4.03. The number of rotatable bonds is 3. The molecule has 0 bridgehead atoms. The number of carboxylic acid groups (broad SMARTS) is 1. The highest BCUT2D eigenvalue weighted by molar-refractivity contribution is 7.18. The summed E-state index contributed by atoms with van der Waals surface area (Å²) in [6, 6.07) is 0. The van der Waals surface area contributed by atoms with Gasteiger partial charge < -0.3 is 10.0 Å². The monoisotopic (exact) mass is 306 g/mol. The molecule has 3 rings (SSSR count). The van der Waals surface area contributed by atoms with Crippen LogP contribution < -0.4 is 4.90 Å². The van der Waals surface area contributed by atoms with Crippen molar-refractivity contribution in [1.82, 2.24) is 14.9 Å². The van der Waals surface area contributed by atoms with E-state index < -0.39 is 5.97 Å². The summed E-state index contributed by atoms with van der Waals surface area (Å²) in [6.07, 6.45) is 2.57. The van der Waals surface area contributed by atoms with E-state index in [4.69, 9.17) is 5.11 Å². The molecule has 6 nitrogen and oxygen atoms in total. The Bertz CT molecular complexity index is 657. The molecule has 112 valence electrons. The summed E-state index contributed by atoms with van der Waals surface area (Å²) in [5, 5.41) is 11.0. The number of carbonyl (C=O) groups is 1. The van der Waals surface area contributed by atoms with Crippen LogP contribution in [0.5, 0.6) is 0 Å². The van der Waals surface area contributed by atoms with Crippen molar-refractivity contribution >= 4 is 33.3 Å². The van der Waals surface area contributed by atoms with Crippen molar-refractivity contribution in [2.45, 2.75) is 13.3 Å². The van der Waals surface area contributed by atoms with E-state index in [0.29, 0.717) is 0 Å². The summed E-state index contributed by atoms with van der Waals surface area (Å²) in [5.41, 5.74) is 2.21. The third-order valence-corrected chi connectivity index (χ3v) is 4.84. The van der Waals surface area contributed by atoms with Crippen LogP contribution in [0.4, 0.5) is 5.82 Å². The van der Waals surface area contributed by atoms with Gasteiger partial charge in [0.2, 0.25) is 0 Å². The Balaban J connectivity index is 1.81. The zero-order valence-electron chi connectivity index (χ0n) is 11.9. The molecule has 1 saturated heterocycles. The molecule has 1 fully saturated rings. The predicted molar refractivity (Wildman–Crippen MR) is 83.1 cm³/mol. The maximum absolute atomic E-state index is 10.8. The van der Waals surface area contributed by atoms with Crippen molar-refractivity contribution in [3.05, 3.63) is 17.3 Å². The van der Waals surface area contributed by atoms with Gasteiger partial charge in [0.05, 0.1) is 16.8 Å². The number of hydrogen-bond donors (Lipinski definition) is 1. The molecule has 0 radical (unpaired) electrons. The van der Waals surface area contributed by atoms with Crippen molar-refractivity contribution in [1.29, 1.82) is 0 Å². The van der Waals surface area contributed by atoms with Crippen LogP contribution in [0.25, 0.3) is 10.2 Å². The van der Waals surface area contributed by atoms with Gasteiger partial charge in [0, 0.05) is 26.2 Å². The molecule has 0 aromatic carbocycles. The lowest BCUT2D eigenvalue weighted by molar-refractivity contribution is -0.138. The van der Waals surface area contributed by atoms with Gasteiger partial charge >= 0.3 is 5.97 Å². The molecule has 2 aromatic heterocycles. The van der Waals surface area contributed by atoms with E-state index in [9.17, 15) is 4.79 Å². The number of carboxylic acids is 1. The average molecular weight is 306 g/mol. The molecular weight excluding hydrogens is 288 g/mol. The van der Waals surface area contributed by atoms with Crippen LogP contribution in [0.1, 0.15) is 12.0 Å². The van der Waals surface area contributed by atoms with Crippen LogP contribution >= 0.6 is 11.3 Å². The standard InChI is InChI=1S/C14H18N4O2S/c1-10-8-21-13-12(10)15-9-16-14(13)18-4-2-3-17(5-6-18)7-11(19)20/h8-9H,2-7H2,1H3,(H,19,20). The number of aromatic nitrogens is 2. The second kappa shape index (κ2) is 5.95. The minimum absolute atomic E-state index is 0.116. The molecule has 2 aromatic rings. The third kappa shape index (κ3) is 2.98. The first-order valence-electron chi connectivity index (χ1n) is 7.03. The number of thiophene rings is 1. The fourth-order valence-corrected chi connectivity index (χ4v) is 3.73. The first-order chi connectivity index (χ1) is 10.1. The predicted octanol–water partition coefficient (Wildman–Crippen LogP) is 1.60. The second-order valence-corrected chi connectivity index (χ2v) is 6.18. The smallest absolute Gasteiger partial charge is 0.317 e. The lowest BCUT2D eigenvalue weighted by Crippen LogP contribution is -2.34. The zero-order valence-corrected chi connectivity index (χ0v) is 12.8. The van der Waals surface area contributed by atoms with Crippen molar-refractivity contribution in [3.8, 4) is 0 Å². The molecule has 0 atom stereocenters. The molecule has 0 saturated carbocycles. The van der Waals surface area contributed by atoms with Gasteiger partial charge in [-0.15, -0.1) is 11.3 Å². The number of fused-ring (bicyclic) bond motifs is 1. The molecule has 7 heteroatoms. The van der Waals surface area contributed by atoms with Crippen LogP contribution in [0, 0.1) is 6.92 Å². The van der Waals surface area contributed by atoms with Crippen molar-refractivity contribution in [2.75, 3.05) is 37.6 Å². The second-order valence-electron chi connectivity index (χ2n) is 5.30. The summed E-state index contributed by atoms with van der Waals surface area (Å²) in [7, 11) is 0. The van der Waals surface area contributed by atoms with Crippen LogP contribution in [0.3, 0.4) is 0 Å². The van der Waals surface area contributed by atoms with Gasteiger partial charge in [0.25, 0.3) is 0 Å². The molecule has 0 amide bonds. The Labute approximate surface area is 127 Å². The van der Waals surface area contributed by atoms with E-state index in [1.54, 1.807) is 17.7 Å². The number of anilines is 1. The summed E-state index contributed by atoms with van der Waals surface area (Å²) in [6.45, 7) is 5.45. The maximum Gasteiger partial charge on any atom is 0.317 e. The summed E-state index contributed by atoms with van der Waals surface area (Å²) in [4.78, 5) is 23.9. The molecule has 3 heterocycles. The van der Waals surface area contributed by atoms with E-state index in [2.05, 4.69) is 27.2 Å². The number of hydrogen-bond acceptors (Lipinski definition) is 6. The molecule has 1 aliphatic rings. The van der Waals surface area contributed by atoms with Crippen LogP contribution in [0.15, 0.2) is 11.7 Å². The number of aryl methyl sites for hydroxylation is 1.